The number of nitrogens with zero attached hydrogens (tertiary/aromatic N) is 2. The maximum Gasteiger partial charge on any atom is 0.263 e. The molecule has 0 saturated heterocycles. The van der Waals surface area contributed by atoms with E-state index in [1.165, 1.54) is 24.4 Å². The molecule has 1 amide bonds. The summed E-state index contributed by atoms with van der Waals surface area (Å²) in [6.45, 7) is 2.33. The third-order valence-electron chi connectivity index (χ3n) is 5.20. The summed E-state index contributed by atoms with van der Waals surface area (Å²) in [7, 11) is -2.00. The summed E-state index contributed by atoms with van der Waals surface area (Å²) in [6.07, 6.45) is 4.58. The second kappa shape index (κ2) is 9.30. The number of nitrogens with one attached hydrogen (secondary N) is 1. The van der Waals surface area contributed by atoms with Gasteiger partial charge in [-0.15, -0.1) is 0 Å². The predicted molar refractivity (Wildman–Crippen MR) is 128 cm³/mol. The number of benzene rings is 2. The standard InChI is InChI=1S/C25H23N3O4S/c1-18-21-10-6-7-11-22(21)32-23(18)17-28(2)25(29)15-13-19-12-14-24(26-16-19)27-33(30,31)20-8-4-3-5-9-20/h3-16H,17H2,1-2H3,(H,26,27)/b15-13+. The molecule has 33 heavy (non-hydrogen) atoms. The molecule has 2 aromatic heterocycles. The first kappa shape index (κ1) is 22.3. The Labute approximate surface area is 192 Å². The zero-order valence-corrected chi connectivity index (χ0v) is 19.0. The molecule has 0 radical (unpaired) electrons. The first-order chi connectivity index (χ1) is 15.8. The molecule has 7 nitrogen and oxygen atoms in total. The maximum atomic E-state index is 12.5. The number of carbonyl (C=O) groups excluding carboxylic acids is 1. The minimum atomic E-state index is -3.71. The summed E-state index contributed by atoms with van der Waals surface area (Å²) in [4.78, 5) is 18.4. The van der Waals surface area contributed by atoms with Crippen molar-refractivity contribution in [1.82, 2.24) is 9.88 Å². The van der Waals surface area contributed by atoms with Crippen molar-refractivity contribution in [2.75, 3.05) is 11.8 Å². The molecule has 0 unspecified atom stereocenters. The van der Waals surface area contributed by atoms with Gasteiger partial charge in [0.25, 0.3) is 10.0 Å². The first-order valence-electron chi connectivity index (χ1n) is 10.3. The lowest BCUT2D eigenvalue weighted by atomic mass is 10.1. The first-order valence-corrected chi connectivity index (χ1v) is 11.8. The summed E-state index contributed by atoms with van der Waals surface area (Å²) < 4.78 is 33.1. The van der Waals surface area contributed by atoms with E-state index in [2.05, 4.69) is 9.71 Å². The molecular weight excluding hydrogens is 438 g/mol. The molecule has 8 heteroatoms. The Kier molecular flexibility index (Phi) is 6.28. The molecule has 0 atom stereocenters. The van der Waals surface area contributed by atoms with Gasteiger partial charge in [-0.2, -0.15) is 0 Å². The van der Waals surface area contributed by atoms with E-state index in [9.17, 15) is 13.2 Å². The third kappa shape index (κ3) is 5.12. The van der Waals surface area contributed by atoms with E-state index in [4.69, 9.17) is 4.42 Å². The topological polar surface area (TPSA) is 92.5 Å². The van der Waals surface area contributed by atoms with Crippen LogP contribution in [0, 0.1) is 6.92 Å². The molecule has 0 aliphatic carbocycles. The second-order valence-corrected chi connectivity index (χ2v) is 9.25. The van der Waals surface area contributed by atoms with Gasteiger partial charge < -0.3 is 9.32 Å². The van der Waals surface area contributed by atoms with Crippen LogP contribution < -0.4 is 4.72 Å². The van der Waals surface area contributed by atoms with Gasteiger partial charge in [-0.3, -0.25) is 9.52 Å². The molecule has 0 aliphatic heterocycles. The minimum absolute atomic E-state index is 0.157. The Hall–Kier alpha value is -3.91. The highest BCUT2D eigenvalue weighted by Crippen LogP contribution is 2.25. The lowest BCUT2D eigenvalue weighted by Gasteiger charge is -2.13. The van der Waals surface area contributed by atoms with E-state index in [0.29, 0.717) is 12.1 Å². The molecule has 0 spiro atoms. The molecule has 1 N–H and O–H groups in total. The number of amides is 1. The largest absolute Gasteiger partial charge is 0.459 e. The maximum absolute atomic E-state index is 12.5. The zero-order valence-electron chi connectivity index (χ0n) is 18.2. The average Bonchev–Trinajstić information content (AvgIpc) is 3.14. The van der Waals surface area contributed by atoms with Crippen molar-refractivity contribution >= 4 is 38.8 Å². The molecule has 0 fully saturated rings. The molecule has 168 valence electrons. The van der Waals surface area contributed by atoms with Crippen molar-refractivity contribution in [3.63, 3.8) is 0 Å². The fraction of sp³-hybridized carbons (Fsp3) is 0.120. The number of pyridine rings is 1. The van der Waals surface area contributed by atoms with Gasteiger partial charge in [0, 0.05) is 30.3 Å². The van der Waals surface area contributed by atoms with Crippen LogP contribution in [0.2, 0.25) is 0 Å². The van der Waals surface area contributed by atoms with Crippen LogP contribution in [0.1, 0.15) is 16.9 Å². The highest BCUT2D eigenvalue weighted by Gasteiger charge is 2.15. The summed E-state index contributed by atoms with van der Waals surface area (Å²) in [5.41, 5.74) is 2.49. The van der Waals surface area contributed by atoms with Gasteiger partial charge >= 0.3 is 0 Å². The Morgan fingerprint density at radius 1 is 1.06 bits per heavy atom. The Morgan fingerprint density at radius 2 is 1.79 bits per heavy atom. The van der Waals surface area contributed by atoms with Gasteiger partial charge in [0.2, 0.25) is 5.91 Å². The summed E-state index contributed by atoms with van der Waals surface area (Å²) >= 11 is 0. The number of para-hydroxylation sites is 1. The van der Waals surface area contributed by atoms with Gasteiger partial charge in [-0.25, -0.2) is 13.4 Å². The van der Waals surface area contributed by atoms with Crippen LogP contribution in [0.5, 0.6) is 0 Å². The van der Waals surface area contributed by atoms with Crippen LogP contribution >= 0.6 is 0 Å². The van der Waals surface area contributed by atoms with Crippen molar-refractivity contribution in [3.05, 3.63) is 95.9 Å². The molecule has 4 aromatic rings. The number of carbonyl (C=O) groups is 1. The number of aryl methyl sites for hydroxylation is 1. The van der Waals surface area contributed by atoms with Crippen LogP contribution in [0.4, 0.5) is 5.82 Å². The highest BCUT2D eigenvalue weighted by molar-refractivity contribution is 7.92. The number of anilines is 1. The molecule has 0 bridgehead atoms. The number of fused-ring (bicyclic) bond motifs is 1. The normalized spacial score (nSPS) is 11.7. The van der Waals surface area contributed by atoms with Gasteiger partial charge in [-0.05, 0) is 48.9 Å². The average molecular weight is 462 g/mol. The van der Waals surface area contributed by atoms with Crippen molar-refractivity contribution in [1.29, 1.82) is 0 Å². The fourth-order valence-electron chi connectivity index (χ4n) is 3.32. The van der Waals surface area contributed by atoms with Crippen LogP contribution in [0.3, 0.4) is 0 Å². The summed E-state index contributed by atoms with van der Waals surface area (Å²) in [5, 5.41) is 1.04. The zero-order chi connectivity index (χ0) is 23.4. The quantitative estimate of drug-likeness (QED) is 0.406. The molecule has 4 rings (SSSR count). The van der Waals surface area contributed by atoms with Gasteiger partial charge in [0.05, 0.1) is 11.4 Å². The molecule has 0 aliphatic rings. The lowest BCUT2D eigenvalue weighted by molar-refractivity contribution is -0.125. The van der Waals surface area contributed by atoms with Crippen molar-refractivity contribution < 1.29 is 17.6 Å². The van der Waals surface area contributed by atoms with Crippen LogP contribution in [0.15, 0.2) is 88.3 Å². The van der Waals surface area contributed by atoms with Crippen molar-refractivity contribution in [2.45, 2.75) is 18.4 Å². The van der Waals surface area contributed by atoms with Gasteiger partial charge in [0.15, 0.2) is 0 Å². The third-order valence-corrected chi connectivity index (χ3v) is 6.57. The summed E-state index contributed by atoms with van der Waals surface area (Å²) in [5.74, 6) is 0.751. The van der Waals surface area contributed by atoms with E-state index in [0.717, 1.165) is 22.3 Å². The molecule has 2 aromatic carbocycles. The molecule has 0 saturated carbocycles. The number of likely N-dealkylation sites (N-methyl/N-ethyl adjacent to an activating group) is 1. The van der Waals surface area contributed by atoms with Crippen LogP contribution in [0.25, 0.3) is 17.0 Å². The number of furan rings is 1. The lowest BCUT2D eigenvalue weighted by Crippen LogP contribution is -2.24. The fourth-order valence-corrected chi connectivity index (χ4v) is 4.35. The van der Waals surface area contributed by atoms with Crippen molar-refractivity contribution in [3.8, 4) is 0 Å². The number of rotatable bonds is 7. The van der Waals surface area contributed by atoms with E-state index in [1.54, 1.807) is 48.4 Å². The van der Waals surface area contributed by atoms with Crippen LogP contribution in [-0.2, 0) is 21.4 Å². The monoisotopic (exact) mass is 461 g/mol. The smallest absolute Gasteiger partial charge is 0.263 e. The van der Waals surface area contributed by atoms with Crippen molar-refractivity contribution in [2.24, 2.45) is 0 Å². The van der Waals surface area contributed by atoms with E-state index >= 15 is 0 Å². The van der Waals surface area contributed by atoms with Crippen LogP contribution in [-0.4, -0.2) is 31.3 Å². The highest BCUT2D eigenvalue weighted by atomic mass is 32.2. The Bertz CT molecular complexity index is 1410. The number of hydrogen-bond acceptors (Lipinski definition) is 5. The van der Waals surface area contributed by atoms with E-state index in [1.807, 2.05) is 31.2 Å². The Morgan fingerprint density at radius 3 is 2.48 bits per heavy atom. The van der Waals surface area contributed by atoms with E-state index in [-0.39, 0.29) is 16.6 Å². The van der Waals surface area contributed by atoms with Gasteiger partial charge in [0.1, 0.15) is 17.2 Å². The SMILES string of the molecule is Cc1c(CN(C)C(=O)/C=C/c2ccc(NS(=O)(=O)c3ccccc3)nc2)oc2ccccc12. The summed E-state index contributed by atoms with van der Waals surface area (Å²) in [6, 6.07) is 19.1. The molecule has 2 heterocycles. The second-order valence-electron chi connectivity index (χ2n) is 7.57. The minimum Gasteiger partial charge on any atom is -0.459 e. The molecular formula is C25H23N3O4S. The Balaban J connectivity index is 1.39. The number of hydrogen-bond donors (Lipinski definition) is 1. The number of aromatic nitrogens is 1. The van der Waals surface area contributed by atoms with Gasteiger partial charge in [-0.1, -0.05) is 36.4 Å². The van der Waals surface area contributed by atoms with E-state index < -0.39 is 10.0 Å². The number of sulfonamides is 1. The predicted octanol–water partition coefficient (Wildman–Crippen LogP) is 4.61.